The molecule has 0 aliphatic heterocycles. The summed E-state index contributed by atoms with van der Waals surface area (Å²) in [6.07, 6.45) is 0.946. The topological polar surface area (TPSA) is 21.3 Å². The maximum atomic E-state index is 6.23. The lowest BCUT2D eigenvalue weighted by Gasteiger charge is -2.11. The molecule has 0 unspecified atom stereocenters. The predicted molar refractivity (Wildman–Crippen MR) is 80.1 cm³/mol. The van der Waals surface area contributed by atoms with E-state index in [0.717, 1.165) is 35.1 Å². The van der Waals surface area contributed by atoms with Gasteiger partial charge in [0.05, 0.1) is 0 Å². The van der Waals surface area contributed by atoms with E-state index < -0.39 is 0 Å². The highest BCUT2D eigenvalue weighted by Crippen LogP contribution is 2.29. The molecule has 19 heavy (non-hydrogen) atoms. The molecule has 2 aromatic carbocycles. The first-order valence-corrected chi connectivity index (χ1v) is 6.81. The molecule has 0 aromatic heterocycles. The van der Waals surface area contributed by atoms with Gasteiger partial charge >= 0.3 is 0 Å². The van der Waals surface area contributed by atoms with Gasteiger partial charge in [-0.05, 0) is 42.8 Å². The summed E-state index contributed by atoms with van der Waals surface area (Å²) >= 11 is 6.23. The van der Waals surface area contributed by atoms with Crippen molar-refractivity contribution >= 4 is 11.6 Å². The van der Waals surface area contributed by atoms with Crippen molar-refractivity contribution in [1.29, 1.82) is 0 Å². The zero-order chi connectivity index (χ0) is 13.7. The maximum absolute atomic E-state index is 6.23. The first kappa shape index (κ1) is 13.9. The van der Waals surface area contributed by atoms with E-state index in [1.807, 2.05) is 43.4 Å². The smallest absolute Gasteiger partial charge is 0.130 e. The Hall–Kier alpha value is -1.51. The van der Waals surface area contributed by atoms with Crippen molar-refractivity contribution in [2.75, 3.05) is 7.05 Å². The highest BCUT2D eigenvalue weighted by atomic mass is 35.5. The molecule has 0 saturated carbocycles. The molecule has 0 aliphatic rings. The van der Waals surface area contributed by atoms with E-state index in [4.69, 9.17) is 16.3 Å². The van der Waals surface area contributed by atoms with Crippen LogP contribution in [0.4, 0.5) is 0 Å². The van der Waals surface area contributed by atoms with Crippen LogP contribution in [0.5, 0.6) is 11.5 Å². The molecule has 2 rings (SSSR count). The number of hydrogen-bond donors (Lipinski definition) is 1. The van der Waals surface area contributed by atoms with E-state index in [1.165, 1.54) is 5.56 Å². The second-order valence-electron chi connectivity index (χ2n) is 4.35. The van der Waals surface area contributed by atoms with Crippen LogP contribution in [0.15, 0.2) is 42.5 Å². The Morgan fingerprint density at radius 3 is 2.58 bits per heavy atom. The Kier molecular flexibility index (Phi) is 4.83. The average Bonchev–Trinajstić information content (AvgIpc) is 2.43. The van der Waals surface area contributed by atoms with Gasteiger partial charge in [0.2, 0.25) is 0 Å². The molecule has 0 aliphatic carbocycles. The molecule has 0 radical (unpaired) electrons. The molecule has 0 spiro atoms. The lowest BCUT2D eigenvalue weighted by atomic mass is 10.1. The number of para-hydroxylation sites is 1. The summed E-state index contributed by atoms with van der Waals surface area (Å²) in [7, 11) is 1.90. The van der Waals surface area contributed by atoms with E-state index >= 15 is 0 Å². The lowest BCUT2D eigenvalue weighted by molar-refractivity contribution is 0.476. The van der Waals surface area contributed by atoms with Crippen molar-refractivity contribution in [3.05, 3.63) is 58.6 Å². The number of halogens is 1. The van der Waals surface area contributed by atoms with Gasteiger partial charge in [0.15, 0.2) is 0 Å². The second-order valence-corrected chi connectivity index (χ2v) is 4.75. The molecule has 0 amide bonds. The molecule has 0 fully saturated rings. The summed E-state index contributed by atoms with van der Waals surface area (Å²) in [5, 5.41) is 3.81. The van der Waals surface area contributed by atoms with Crippen LogP contribution < -0.4 is 10.1 Å². The Morgan fingerprint density at radius 2 is 1.89 bits per heavy atom. The van der Waals surface area contributed by atoms with Crippen LogP contribution in [0.3, 0.4) is 0 Å². The van der Waals surface area contributed by atoms with Gasteiger partial charge in [-0.25, -0.2) is 0 Å². The van der Waals surface area contributed by atoms with Crippen LogP contribution in [0.2, 0.25) is 5.02 Å². The highest BCUT2D eigenvalue weighted by Gasteiger charge is 2.05. The standard InChI is InChI=1S/C16H18ClNO/c1-3-12-6-4-5-7-16(12)19-14-9-8-13(11-18-2)15(17)10-14/h4-10,18H,3,11H2,1-2H3. The van der Waals surface area contributed by atoms with Crippen molar-refractivity contribution in [3.63, 3.8) is 0 Å². The average molecular weight is 276 g/mol. The molecule has 1 N–H and O–H groups in total. The summed E-state index contributed by atoms with van der Waals surface area (Å²) in [6.45, 7) is 2.87. The molecule has 3 heteroatoms. The Labute approximate surface area is 119 Å². The third-order valence-electron chi connectivity index (χ3n) is 2.97. The minimum Gasteiger partial charge on any atom is -0.457 e. The van der Waals surface area contributed by atoms with Gasteiger partial charge < -0.3 is 10.1 Å². The first-order chi connectivity index (χ1) is 9.24. The zero-order valence-electron chi connectivity index (χ0n) is 11.2. The largest absolute Gasteiger partial charge is 0.457 e. The minimum absolute atomic E-state index is 0.723. The van der Waals surface area contributed by atoms with E-state index in [0.29, 0.717) is 0 Å². The second kappa shape index (κ2) is 6.60. The van der Waals surface area contributed by atoms with E-state index in [9.17, 15) is 0 Å². The number of nitrogens with one attached hydrogen (secondary N) is 1. The quantitative estimate of drug-likeness (QED) is 0.872. The van der Waals surface area contributed by atoms with Crippen molar-refractivity contribution < 1.29 is 4.74 Å². The number of hydrogen-bond acceptors (Lipinski definition) is 2. The van der Waals surface area contributed by atoms with Crippen LogP contribution in [0, 0.1) is 0 Å². The number of rotatable bonds is 5. The van der Waals surface area contributed by atoms with Crippen molar-refractivity contribution in [1.82, 2.24) is 5.32 Å². The SMILES string of the molecule is CCc1ccccc1Oc1ccc(CNC)c(Cl)c1. The van der Waals surface area contributed by atoms with Crippen LogP contribution in [0.25, 0.3) is 0 Å². The minimum atomic E-state index is 0.723. The van der Waals surface area contributed by atoms with Crippen molar-refractivity contribution in [2.45, 2.75) is 19.9 Å². The zero-order valence-corrected chi connectivity index (χ0v) is 12.0. The van der Waals surface area contributed by atoms with E-state index in [2.05, 4.69) is 18.3 Å². The Balaban J connectivity index is 2.21. The molecule has 2 nitrogen and oxygen atoms in total. The molecule has 2 aromatic rings. The van der Waals surface area contributed by atoms with Gasteiger partial charge in [0.1, 0.15) is 11.5 Å². The van der Waals surface area contributed by atoms with Gasteiger partial charge in [0.25, 0.3) is 0 Å². The van der Waals surface area contributed by atoms with E-state index in [-0.39, 0.29) is 0 Å². The third kappa shape index (κ3) is 3.49. The summed E-state index contributed by atoms with van der Waals surface area (Å²) in [5.41, 5.74) is 2.26. The number of ether oxygens (including phenoxy) is 1. The van der Waals surface area contributed by atoms with E-state index in [1.54, 1.807) is 0 Å². The summed E-state index contributed by atoms with van der Waals surface area (Å²) in [5.74, 6) is 1.66. The maximum Gasteiger partial charge on any atom is 0.130 e. The first-order valence-electron chi connectivity index (χ1n) is 6.43. The molecular weight excluding hydrogens is 258 g/mol. The van der Waals surface area contributed by atoms with Crippen molar-refractivity contribution in [3.8, 4) is 11.5 Å². The van der Waals surface area contributed by atoms with Gasteiger partial charge in [-0.1, -0.05) is 42.8 Å². The highest BCUT2D eigenvalue weighted by molar-refractivity contribution is 6.31. The predicted octanol–water partition coefficient (Wildman–Crippen LogP) is 4.41. The fourth-order valence-electron chi connectivity index (χ4n) is 1.95. The summed E-state index contributed by atoms with van der Waals surface area (Å²) in [4.78, 5) is 0. The van der Waals surface area contributed by atoms with Crippen molar-refractivity contribution in [2.24, 2.45) is 0 Å². The third-order valence-corrected chi connectivity index (χ3v) is 3.32. The lowest BCUT2D eigenvalue weighted by Crippen LogP contribution is -2.05. The van der Waals surface area contributed by atoms with Gasteiger partial charge in [-0.3, -0.25) is 0 Å². The van der Waals surface area contributed by atoms with Crippen LogP contribution in [-0.2, 0) is 13.0 Å². The molecule has 100 valence electrons. The normalized spacial score (nSPS) is 10.5. The van der Waals surface area contributed by atoms with Gasteiger partial charge in [0, 0.05) is 11.6 Å². The molecular formula is C16H18ClNO. The fourth-order valence-corrected chi connectivity index (χ4v) is 2.19. The fraction of sp³-hybridized carbons (Fsp3) is 0.250. The molecule has 0 atom stereocenters. The Bertz CT molecular complexity index is 554. The summed E-state index contributed by atoms with van der Waals surface area (Å²) in [6, 6.07) is 13.9. The van der Waals surface area contributed by atoms with Gasteiger partial charge in [-0.15, -0.1) is 0 Å². The molecule has 0 heterocycles. The Morgan fingerprint density at radius 1 is 1.11 bits per heavy atom. The molecule has 0 bridgehead atoms. The monoisotopic (exact) mass is 275 g/mol. The van der Waals surface area contributed by atoms with Crippen LogP contribution in [0.1, 0.15) is 18.1 Å². The van der Waals surface area contributed by atoms with Gasteiger partial charge in [-0.2, -0.15) is 0 Å². The number of aryl methyl sites for hydroxylation is 1. The number of benzene rings is 2. The van der Waals surface area contributed by atoms with Crippen LogP contribution >= 0.6 is 11.6 Å². The summed E-state index contributed by atoms with van der Waals surface area (Å²) < 4.78 is 5.91. The molecule has 0 saturated heterocycles. The van der Waals surface area contributed by atoms with Crippen LogP contribution in [-0.4, -0.2) is 7.05 Å².